The topological polar surface area (TPSA) is 109 Å². The molecule has 0 radical (unpaired) electrons. The predicted molar refractivity (Wildman–Crippen MR) is 101 cm³/mol. The van der Waals surface area contributed by atoms with Gasteiger partial charge in [0.2, 0.25) is 11.8 Å². The van der Waals surface area contributed by atoms with Gasteiger partial charge in [0.15, 0.2) is 5.17 Å². The largest absolute Gasteiger partial charge is 0.496 e. The smallest absolute Gasteiger partial charge is 0.416 e. The number of alkyl halides is 3. The van der Waals surface area contributed by atoms with Gasteiger partial charge in [-0.15, -0.1) is 5.10 Å². The molecular formula is C17H17F3N4O4S. The van der Waals surface area contributed by atoms with E-state index in [1.807, 2.05) is 0 Å². The van der Waals surface area contributed by atoms with Gasteiger partial charge in [-0.25, -0.2) is 4.79 Å². The van der Waals surface area contributed by atoms with Gasteiger partial charge in [0.05, 0.1) is 18.7 Å². The SMILES string of the molecule is COC1=CC(C(F)(F)F)=CC(NC(=O)CC2SC(=NN=C(C)C)NC2=O)C1=C=O. The van der Waals surface area contributed by atoms with Gasteiger partial charge in [0.25, 0.3) is 0 Å². The van der Waals surface area contributed by atoms with Gasteiger partial charge in [0, 0.05) is 12.1 Å². The predicted octanol–water partition coefficient (Wildman–Crippen LogP) is 1.64. The molecule has 0 bridgehead atoms. The Labute approximate surface area is 168 Å². The Morgan fingerprint density at radius 2 is 2.10 bits per heavy atom. The Balaban J connectivity index is 2.13. The van der Waals surface area contributed by atoms with Crippen molar-refractivity contribution in [1.82, 2.24) is 10.6 Å². The summed E-state index contributed by atoms with van der Waals surface area (Å²) in [4.78, 5) is 35.5. The van der Waals surface area contributed by atoms with E-state index >= 15 is 0 Å². The van der Waals surface area contributed by atoms with Crippen molar-refractivity contribution in [1.29, 1.82) is 0 Å². The molecule has 2 amide bonds. The molecule has 12 heteroatoms. The van der Waals surface area contributed by atoms with Crippen LogP contribution in [0.4, 0.5) is 13.2 Å². The number of carbonyl (C=O) groups is 2. The Kier molecular flexibility index (Phi) is 7.04. The number of thioether (sulfide) groups is 1. The van der Waals surface area contributed by atoms with Crippen LogP contribution in [0.5, 0.6) is 0 Å². The summed E-state index contributed by atoms with van der Waals surface area (Å²) in [5.41, 5.74) is -0.700. The second kappa shape index (κ2) is 9.10. The molecule has 0 spiro atoms. The molecule has 2 rings (SSSR count). The third kappa shape index (κ3) is 5.81. The fourth-order valence-electron chi connectivity index (χ4n) is 2.39. The Bertz CT molecular complexity index is 882. The lowest BCUT2D eigenvalue weighted by Crippen LogP contribution is -2.40. The quantitative estimate of drug-likeness (QED) is 0.392. The van der Waals surface area contributed by atoms with Crippen LogP contribution in [0.15, 0.2) is 39.3 Å². The molecule has 0 aromatic heterocycles. The van der Waals surface area contributed by atoms with Crippen LogP contribution in [0.25, 0.3) is 0 Å². The summed E-state index contributed by atoms with van der Waals surface area (Å²) < 4.78 is 44.0. The second-order valence-corrected chi connectivity index (χ2v) is 7.34. The molecule has 2 N–H and O–H groups in total. The minimum absolute atomic E-state index is 0.212. The molecule has 2 unspecified atom stereocenters. The average molecular weight is 430 g/mol. The number of amidine groups is 1. The van der Waals surface area contributed by atoms with E-state index in [0.29, 0.717) is 17.9 Å². The lowest BCUT2D eigenvalue weighted by molar-refractivity contribution is -0.125. The maximum absolute atomic E-state index is 13.1. The van der Waals surface area contributed by atoms with E-state index in [1.54, 1.807) is 13.8 Å². The molecule has 0 aromatic carbocycles. The molecule has 1 saturated heterocycles. The van der Waals surface area contributed by atoms with Crippen molar-refractivity contribution in [2.45, 2.75) is 37.7 Å². The summed E-state index contributed by atoms with van der Waals surface area (Å²) in [6.45, 7) is 3.42. The van der Waals surface area contributed by atoms with E-state index in [-0.39, 0.29) is 22.9 Å². The first-order chi connectivity index (χ1) is 13.5. The number of carbonyl (C=O) groups excluding carboxylic acids is 3. The molecule has 156 valence electrons. The van der Waals surface area contributed by atoms with Crippen LogP contribution in [-0.2, 0) is 19.1 Å². The van der Waals surface area contributed by atoms with Crippen LogP contribution in [-0.4, -0.2) is 53.2 Å². The van der Waals surface area contributed by atoms with Gasteiger partial charge in [-0.1, -0.05) is 11.8 Å². The monoisotopic (exact) mass is 430 g/mol. The molecule has 1 aliphatic carbocycles. The van der Waals surface area contributed by atoms with Crippen LogP contribution < -0.4 is 10.6 Å². The first-order valence-electron chi connectivity index (χ1n) is 8.21. The van der Waals surface area contributed by atoms with Crippen molar-refractivity contribution in [2.24, 2.45) is 10.2 Å². The third-order valence-corrected chi connectivity index (χ3v) is 4.74. The summed E-state index contributed by atoms with van der Waals surface area (Å²) in [5.74, 6) is -0.0683. The fraction of sp³-hybridized carbons (Fsp3) is 0.412. The molecule has 8 nitrogen and oxygen atoms in total. The van der Waals surface area contributed by atoms with Gasteiger partial charge >= 0.3 is 6.18 Å². The first kappa shape index (κ1) is 22.4. The molecule has 2 aliphatic rings. The number of nitrogens with zero attached hydrogens (tertiary/aromatic N) is 2. The van der Waals surface area contributed by atoms with E-state index in [0.717, 1.165) is 18.9 Å². The second-order valence-electron chi connectivity index (χ2n) is 6.15. The summed E-state index contributed by atoms with van der Waals surface area (Å²) in [6.07, 6.45) is -3.70. The van der Waals surface area contributed by atoms with Crippen molar-refractivity contribution >= 4 is 40.4 Å². The molecule has 1 fully saturated rings. The first-order valence-corrected chi connectivity index (χ1v) is 9.09. The van der Waals surface area contributed by atoms with Gasteiger partial charge in [-0.3, -0.25) is 9.59 Å². The van der Waals surface area contributed by atoms with E-state index in [9.17, 15) is 27.6 Å². The van der Waals surface area contributed by atoms with Crippen LogP contribution in [0.3, 0.4) is 0 Å². The number of methoxy groups -OCH3 is 1. The normalized spacial score (nSPS) is 23.0. The Morgan fingerprint density at radius 3 is 2.66 bits per heavy atom. The lowest BCUT2D eigenvalue weighted by Gasteiger charge is -2.24. The minimum atomic E-state index is -4.70. The van der Waals surface area contributed by atoms with Crippen LogP contribution >= 0.6 is 11.8 Å². The molecular weight excluding hydrogens is 413 g/mol. The van der Waals surface area contributed by atoms with Gasteiger partial charge in [-0.2, -0.15) is 18.3 Å². The summed E-state index contributed by atoms with van der Waals surface area (Å²) in [7, 11) is 1.10. The Morgan fingerprint density at radius 1 is 1.41 bits per heavy atom. The van der Waals surface area contributed by atoms with Crippen LogP contribution in [0.1, 0.15) is 20.3 Å². The number of halogens is 3. The van der Waals surface area contributed by atoms with Crippen molar-refractivity contribution in [2.75, 3.05) is 7.11 Å². The summed E-state index contributed by atoms with van der Waals surface area (Å²) >= 11 is 0.973. The van der Waals surface area contributed by atoms with E-state index in [4.69, 9.17) is 4.74 Å². The maximum Gasteiger partial charge on any atom is 0.416 e. The van der Waals surface area contributed by atoms with Gasteiger partial charge < -0.3 is 15.4 Å². The number of hydrogen-bond acceptors (Lipinski definition) is 7. The van der Waals surface area contributed by atoms with Crippen LogP contribution in [0.2, 0.25) is 0 Å². The lowest BCUT2D eigenvalue weighted by atomic mass is 9.96. The van der Waals surface area contributed by atoms with Crippen molar-refractivity contribution in [3.63, 3.8) is 0 Å². The Hall–Kier alpha value is -2.85. The van der Waals surface area contributed by atoms with Gasteiger partial charge in [0.1, 0.15) is 22.5 Å². The van der Waals surface area contributed by atoms with Crippen molar-refractivity contribution in [3.05, 3.63) is 29.1 Å². The minimum Gasteiger partial charge on any atom is -0.496 e. The number of rotatable bonds is 5. The zero-order valence-electron chi connectivity index (χ0n) is 15.6. The third-order valence-electron chi connectivity index (χ3n) is 3.67. The number of nitrogens with one attached hydrogen (secondary N) is 2. The molecule has 0 saturated carbocycles. The molecule has 2 atom stereocenters. The number of hydrogen-bond donors (Lipinski definition) is 2. The number of allylic oxidation sites excluding steroid dienone is 2. The molecule has 29 heavy (non-hydrogen) atoms. The summed E-state index contributed by atoms with van der Waals surface area (Å²) in [5, 5.41) is 11.8. The highest BCUT2D eigenvalue weighted by atomic mass is 32.2. The maximum atomic E-state index is 13.1. The zero-order chi connectivity index (χ0) is 21.8. The highest BCUT2D eigenvalue weighted by Gasteiger charge is 2.38. The number of ether oxygens (including phenoxy) is 1. The molecule has 1 heterocycles. The molecule has 1 aliphatic heterocycles. The van der Waals surface area contributed by atoms with E-state index < -0.39 is 34.9 Å². The van der Waals surface area contributed by atoms with Crippen molar-refractivity contribution in [3.8, 4) is 0 Å². The van der Waals surface area contributed by atoms with Crippen molar-refractivity contribution < 1.29 is 32.3 Å². The van der Waals surface area contributed by atoms with E-state index in [1.165, 1.54) is 5.94 Å². The fourth-order valence-corrected chi connectivity index (χ4v) is 3.31. The molecule has 0 aromatic rings. The standard InChI is InChI=1S/C17H17F3N4O4S/c1-8(2)23-24-16-22-15(27)13(29-16)6-14(26)21-11-4-9(17(18,19)20)5-12(28-3)10(11)7-25/h4-5,11,13H,6H2,1-3H3,(H,21,26)(H,22,24,27). The van der Waals surface area contributed by atoms with Gasteiger partial charge in [-0.05, 0) is 26.0 Å². The summed E-state index contributed by atoms with van der Waals surface area (Å²) in [6, 6.07) is -1.40. The average Bonchev–Trinajstić information content (AvgIpc) is 2.97. The highest BCUT2D eigenvalue weighted by Crippen LogP contribution is 2.33. The van der Waals surface area contributed by atoms with E-state index in [2.05, 4.69) is 20.8 Å². The number of amides is 2. The van der Waals surface area contributed by atoms with Crippen LogP contribution in [0, 0.1) is 0 Å². The zero-order valence-corrected chi connectivity index (χ0v) is 16.4. The highest BCUT2D eigenvalue weighted by molar-refractivity contribution is 8.15.